The van der Waals surface area contributed by atoms with Crippen LogP contribution in [0.25, 0.3) is 11.3 Å². The lowest BCUT2D eigenvalue weighted by molar-refractivity contribution is -0.120. The molecule has 2 aromatic carbocycles. The van der Waals surface area contributed by atoms with E-state index in [1.807, 2.05) is 51.2 Å². The molecule has 4 amide bonds. The SMILES string of the molecule is CC(C)(C)c1noc(C(=O)N[C@@H]2CCCCc3cc(-c4cc(Nc5ccc(N6CCN(CC7CCN(c8ccc(N9CCC(=O)NC9=O)cc8)CC7)CC6)cn5)ncn4)ccc32)n1. The summed E-state index contributed by atoms with van der Waals surface area (Å²) in [6.07, 6.45) is 9.91. The predicted molar refractivity (Wildman–Crippen MR) is 241 cm³/mol. The van der Waals surface area contributed by atoms with Crippen molar-refractivity contribution >= 4 is 46.5 Å². The monoisotopic (exact) mass is 852 g/mol. The molecule has 3 aromatic heterocycles. The summed E-state index contributed by atoms with van der Waals surface area (Å²) in [6, 6.07) is 20.0. The van der Waals surface area contributed by atoms with E-state index in [-0.39, 0.29) is 35.2 Å². The first-order chi connectivity index (χ1) is 30.5. The number of pyridine rings is 1. The Hall–Kier alpha value is -6.42. The highest BCUT2D eigenvalue weighted by Gasteiger charge is 2.29. The van der Waals surface area contributed by atoms with Crippen molar-refractivity contribution in [2.75, 3.05) is 72.4 Å². The predicted octanol–water partition coefficient (Wildman–Crippen LogP) is 6.65. The quantitative estimate of drug-likeness (QED) is 0.128. The van der Waals surface area contributed by atoms with Gasteiger partial charge in [-0.25, -0.2) is 19.7 Å². The number of urea groups is 1. The largest absolute Gasteiger partial charge is 0.372 e. The van der Waals surface area contributed by atoms with E-state index >= 15 is 0 Å². The molecule has 1 atom stereocenters. The zero-order valence-electron chi connectivity index (χ0n) is 36.3. The average Bonchev–Trinajstić information content (AvgIpc) is 3.73. The van der Waals surface area contributed by atoms with E-state index in [1.165, 1.54) is 11.3 Å². The van der Waals surface area contributed by atoms with Gasteiger partial charge >= 0.3 is 17.8 Å². The molecular formula is C47H56N12O4. The number of imide groups is 1. The molecule has 328 valence electrons. The molecule has 3 aliphatic heterocycles. The van der Waals surface area contributed by atoms with E-state index in [1.54, 1.807) is 11.2 Å². The third kappa shape index (κ3) is 9.80. The Kier molecular flexibility index (Phi) is 12.1. The molecule has 0 bridgehead atoms. The summed E-state index contributed by atoms with van der Waals surface area (Å²) >= 11 is 0. The van der Waals surface area contributed by atoms with E-state index in [4.69, 9.17) is 9.51 Å². The molecule has 63 heavy (non-hydrogen) atoms. The minimum absolute atomic E-state index is 0.0129. The minimum atomic E-state index is -0.356. The number of rotatable bonds is 10. The molecule has 0 radical (unpaired) electrons. The molecule has 0 spiro atoms. The van der Waals surface area contributed by atoms with Crippen LogP contribution in [-0.2, 0) is 16.6 Å². The normalized spacial score (nSPS) is 19.0. The first-order valence-corrected chi connectivity index (χ1v) is 22.3. The Morgan fingerprint density at radius 2 is 1.56 bits per heavy atom. The Labute approximate surface area is 367 Å². The summed E-state index contributed by atoms with van der Waals surface area (Å²) in [5.41, 5.74) is 6.87. The number of carbonyl (C=O) groups excluding carboxylic acids is 3. The Balaban J connectivity index is 0.741. The number of piperidine rings is 1. The van der Waals surface area contributed by atoms with Gasteiger partial charge in [0, 0.05) is 87.2 Å². The van der Waals surface area contributed by atoms with Crippen LogP contribution in [0.15, 0.2) is 77.7 Å². The molecule has 3 saturated heterocycles. The van der Waals surface area contributed by atoms with Gasteiger partial charge in [-0.05, 0) is 91.6 Å². The van der Waals surface area contributed by atoms with Gasteiger partial charge in [-0.15, -0.1) is 0 Å². The maximum absolute atomic E-state index is 13.2. The number of carbonyl (C=O) groups is 3. The van der Waals surface area contributed by atoms with E-state index in [9.17, 15) is 14.4 Å². The molecule has 5 aromatic rings. The van der Waals surface area contributed by atoms with Gasteiger partial charge < -0.3 is 25.0 Å². The highest BCUT2D eigenvalue weighted by Crippen LogP contribution is 2.33. The van der Waals surface area contributed by atoms with E-state index in [0.717, 1.165) is 113 Å². The molecule has 3 N–H and O–H groups in total. The molecular weight excluding hydrogens is 797 g/mol. The van der Waals surface area contributed by atoms with Crippen molar-refractivity contribution in [1.82, 2.24) is 40.6 Å². The fraction of sp³-hybridized carbons (Fsp3) is 0.447. The first-order valence-electron chi connectivity index (χ1n) is 22.3. The summed E-state index contributed by atoms with van der Waals surface area (Å²) < 4.78 is 5.32. The molecule has 0 unspecified atom stereocenters. The number of aryl methyl sites for hydroxylation is 1. The van der Waals surface area contributed by atoms with Crippen molar-refractivity contribution in [3.05, 3.63) is 96.0 Å². The van der Waals surface area contributed by atoms with Gasteiger partial charge in [0.1, 0.15) is 18.0 Å². The number of fused-ring (bicyclic) bond motifs is 1. The summed E-state index contributed by atoms with van der Waals surface area (Å²) in [6.45, 7) is 13.5. The fourth-order valence-electron chi connectivity index (χ4n) is 9.07. The minimum Gasteiger partial charge on any atom is -0.372 e. The highest BCUT2D eigenvalue weighted by molar-refractivity contribution is 6.05. The number of amides is 4. The molecule has 16 heteroatoms. The number of nitrogens with one attached hydrogen (secondary N) is 3. The Morgan fingerprint density at radius 1 is 0.794 bits per heavy atom. The lowest BCUT2D eigenvalue weighted by Gasteiger charge is -2.40. The van der Waals surface area contributed by atoms with E-state index < -0.39 is 0 Å². The zero-order chi connectivity index (χ0) is 43.5. The van der Waals surface area contributed by atoms with E-state index in [0.29, 0.717) is 36.3 Å². The topological polar surface area (TPSA) is 178 Å². The van der Waals surface area contributed by atoms with Crippen LogP contribution >= 0.6 is 0 Å². The second-order valence-corrected chi connectivity index (χ2v) is 18.2. The number of piperazine rings is 1. The molecule has 6 heterocycles. The average molecular weight is 853 g/mol. The zero-order valence-corrected chi connectivity index (χ0v) is 36.3. The van der Waals surface area contributed by atoms with Crippen LogP contribution < -0.4 is 30.7 Å². The summed E-state index contributed by atoms with van der Waals surface area (Å²) in [4.78, 5) is 64.2. The van der Waals surface area contributed by atoms with Crippen LogP contribution in [-0.4, -0.2) is 100 Å². The van der Waals surface area contributed by atoms with Gasteiger partial charge in [0.2, 0.25) is 5.91 Å². The van der Waals surface area contributed by atoms with Crippen molar-refractivity contribution in [1.29, 1.82) is 0 Å². The molecule has 4 aliphatic rings. The molecule has 1 aliphatic carbocycles. The molecule has 9 rings (SSSR count). The van der Waals surface area contributed by atoms with Crippen LogP contribution in [0.1, 0.15) is 93.0 Å². The van der Waals surface area contributed by atoms with Gasteiger partial charge in [0.25, 0.3) is 0 Å². The fourth-order valence-corrected chi connectivity index (χ4v) is 9.07. The number of hydrogen-bond acceptors (Lipinski definition) is 13. The number of nitrogens with zero attached hydrogens (tertiary/aromatic N) is 9. The van der Waals surface area contributed by atoms with Crippen molar-refractivity contribution in [2.24, 2.45) is 5.92 Å². The molecule has 3 fully saturated rings. The molecule has 16 nitrogen and oxygen atoms in total. The second-order valence-electron chi connectivity index (χ2n) is 18.2. The number of benzene rings is 2. The lowest BCUT2D eigenvalue weighted by atomic mass is 9.95. The van der Waals surface area contributed by atoms with Crippen molar-refractivity contribution in [3.8, 4) is 11.3 Å². The van der Waals surface area contributed by atoms with Crippen LogP contribution in [0.2, 0.25) is 0 Å². The van der Waals surface area contributed by atoms with Gasteiger partial charge in [0.15, 0.2) is 5.82 Å². The summed E-state index contributed by atoms with van der Waals surface area (Å²) in [7, 11) is 0. The summed E-state index contributed by atoms with van der Waals surface area (Å²) in [5, 5.41) is 12.9. The third-order valence-corrected chi connectivity index (χ3v) is 12.7. The standard InChI is InChI=1S/C47H56N12O4/c1-47(2,3)45-54-44(63-55-45)43(61)51-38-7-5-4-6-32-26-33(8-14-37(32)38)39-27-41(50-30-49-39)52-40-15-13-36(28-48-40)58-24-22-56(23-25-58)29-31-16-19-57(20-17-31)34-9-11-35(12-10-34)59-21-18-42(60)53-46(59)62/h8-15,26-28,30-31,38H,4-7,16-25,29H2,1-3H3,(H,51,61)(H,53,60,62)(H,48,49,50,52)/t38-/m1/s1. The van der Waals surface area contributed by atoms with Gasteiger partial charge in [-0.1, -0.05) is 44.5 Å². The van der Waals surface area contributed by atoms with Crippen LogP contribution in [0, 0.1) is 5.92 Å². The molecule has 0 saturated carbocycles. The first kappa shape index (κ1) is 41.9. The van der Waals surface area contributed by atoms with Crippen molar-refractivity contribution < 1.29 is 18.9 Å². The van der Waals surface area contributed by atoms with Crippen LogP contribution in [0.4, 0.5) is 33.5 Å². The Morgan fingerprint density at radius 3 is 2.29 bits per heavy atom. The Bertz CT molecular complexity index is 2420. The second kappa shape index (κ2) is 18.1. The number of anilines is 5. The van der Waals surface area contributed by atoms with E-state index in [2.05, 4.69) is 87.2 Å². The maximum Gasteiger partial charge on any atom is 0.328 e. The van der Waals surface area contributed by atoms with Crippen molar-refractivity contribution in [3.63, 3.8) is 0 Å². The maximum atomic E-state index is 13.2. The third-order valence-electron chi connectivity index (χ3n) is 12.7. The number of aromatic nitrogens is 5. The van der Waals surface area contributed by atoms with Crippen LogP contribution in [0.5, 0.6) is 0 Å². The van der Waals surface area contributed by atoms with Gasteiger partial charge in [-0.2, -0.15) is 4.98 Å². The smallest absolute Gasteiger partial charge is 0.328 e. The van der Waals surface area contributed by atoms with Gasteiger partial charge in [-0.3, -0.25) is 24.7 Å². The highest BCUT2D eigenvalue weighted by atomic mass is 16.5. The van der Waals surface area contributed by atoms with Crippen LogP contribution in [0.3, 0.4) is 0 Å². The number of hydrogen-bond donors (Lipinski definition) is 3. The lowest BCUT2D eigenvalue weighted by Crippen LogP contribution is -2.49. The summed E-state index contributed by atoms with van der Waals surface area (Å²) in [5.74, 6) is 1.97. The van der Waals surface area contributed by atoms with Crippen molar-refractivity contribution in [2.45, 2.75) is 77.2 Å². The van der Waals surface area contributed by atoms with Gasteiger partial charge in [0.05, 0.1) is 23.6 Å².